The molecule has 0 aliphatic carbocycles. The normalized spacial score (nSPS) is 16.0. The first-order chi connectivity index (χ1) is 13.8. The van der Waals surface area contributed by atoms with Crippen LogP contribution in [0.3, 0.4) is 0 Å². The van der Waals surface area contributed by atoms with Crippen molar-refractivity contribution in [1.29, 1.82) is 0 Å². The number of hydrogen-bond donors (Lipinski definition) is 2. The number of ether oxygens (including phenoxy) is 2. The first-order valence-electron chi connectivity index (χ1n) is 9.56. The molecule has 1 aliphatic rings. The van der Waals surface area contributed by atoms with E-state index in [-0.39, 0.29) is 6.10 Å². The quantitative estimate of drug-likeness (QED) is 0.610. The lowest BCUT2D eigenvalue weighted by Gasteiger charge is -2.14. The molecule has 0 radical (unpaired) electrons. The van der Waals surface area contributed by atoms with Crippen molar-refractivity contribution >= 4 is 17.5 Å². The van der Waals surface area contributed by atoms with Gasteiger partial charge in [0.05, 0.1) is 11.8 Å². The smallest absolute Gasteiger partial charge is 0.229 e. The zero-order valence-electron chi connectivity index (χ0n) is 15.9. The van der Waals surface area contributed by atoms with Gasteiger partial charge in [-0.05, 0) is 44.0 Å². The minimum absolute atomic E-state index is 0.256. The van der Waals surface area contributed by atoms with Crippen LogP contribution in [0.15, 0.2) is 60.7 Å². The van der Waals surface area contributed by atoms with E-state index in [0.717, 1.165) is 48.9 Å². The van der Waals surface area contributed by atoms with E-state index >= 15 is 0 Å². The highest BCUT2D eigenvalue weighted by molar-refractivity contribution is 5.64. The Labute approximate surface area is 164 Å². The molecule has 0 spiro atoms. The number of aromatic nitrogens is 2. The number of benzene rings is 2. The average molecular weight is 376 g/mol. The highest BCUT2D eigenvalue weighted by Crippen LogP contribution is 2.31. The molecule has 0 amide bonds. The van der Waals surface area contributed by atoms with E-state index in [1.54, 1.807) is 0 Å². The SMILES string of the molecule is Cc1cc(NCC2CCCO2)nc(Nc2ccccc2Oc2ccccc2)n1. The summed E-state index contributed by atoms with van der Waals surface area (Å²) in [4.78, 5) is 9.10. The standard InChI is InChI=1S/C22H24N4O2/c1-16-14-21(23-15-18-10-7-13-27-18)26-22(24-16)25-19-11-5-6-12-20(19)28-17-8-3-2-4-9-17/h2-6,8-9,11-12,14,18H,7,10,13,15H2,1H3,(H2,23,24,25,26). The Morgan fingerprint density at radius 1 is 1.07 bits per heavy atom. The summed E-state index contributed by atoms with van der Waals surface area (Å²) in [7, 11) is 0. The Bertz CT molecular complexity index is 911. The van der Waals surface area contributed by atoms with Gasteiger partial charge >= 0.3 is 0 Å². The van der Waals surface area contributed by atoms with Crippen LogP contribution >= 0.6 is 0 Å². The van der Waals surface area contributed by atoms with Gasteiger partial charge in [0.15, 0.2) is 5.75 Å². The van der Waals surface area contributed by atoms with Gasteiger partial charge < -0.3 is 20.1 Å². The van der Waals surface area contributed by atoms with E-state index in [9.17, 15) is 0 Å². The molecular formula is C22H24N4O2. The van der Waals surface area contributed by atoms with Crippen molar-refractivity contribution in [3.05, 3.63) is 66.4 Å². The summed E-state index contributed by atoms with van der Waals surface area (Å²) >= 11 is 0. The van der Waals surface area contributed by atoms with Crippen molar-refractivity contribution in [2.24, 2.45) is 0 Å². The minimum Gasteiger partial charge on any atom is -0.455 e. The predicted octanol–water partition coefficient (Wildman–Crippen LogP) is 4.91. The third-order valence-electron chi connectivity index (χ3n) is 4.49. The lowest BCUT2D eigenvalue weighted by molar-refractivity contribution is 0.120. The molecule has 1 aliphatic heterocycles. The Morgan fingerprint density at radius 2 is 1.89 bits per heavy atom. The van der Waals surface area contributed by atoms with E-state index in [4.69, 9.17) is 9.47 Å². The molecule has 2 N–H and O–H groups in total. The molecule has 4 rings (SSSR count). The van der Waals surface area contributed by atoms with Gasteiger partial charge in [0.2, 0.25) is 5.95 Å². The molecule has 6 heteroatoms. The second-order valence-corrected chi connectivity index (χ2v) is 6.77. The van der Waals surface area contributed by atoms with Gasteiger partial charge in [0.1, 0.15) is 11.6 Å². The largest absolute Gasteiger partial charge is 0.455 e. The molecule has 1 atom stereocenters. The second-order valence-electron chi connectivity index (χ2n) is 6.77. The zero-order chi connectivity index (χ0) is 19.2. The van der Waals surface area contributed by atoms with Crippen molar-refractivity contribution in [3.63, 3.8) is 0 Å². The van der Waals surface area contributed by atoms with Crippen LogP contribution in [0.2, 0.25) is 0 Å². The van der Waals surface area contributed by atoms with Crippen LogP contribution in [0.25, 0.3) is 0 Å². The van der Waals surface area contributed by atoms with E-state index in [2.05, 4.69) is 20.6 Å². The van der Waals surface area contributed by atoms with Crippen LogP contribution in [0.4, 0.5) is 17.5 Å². The van der Waals surface area contributed by atoms with Crippen molar-refractivity contribution < 1.29 is 9.47 Å². The maximum Gasteiger partial charge on any atom is 0.229 e. The number of para-hydroxylation sites is 3. The Morgan fingerprint density at radius 3 is 2.71 bits per heavy atom. The monoisotopic (exact) mass is 376 g/mol. The van der Waals surface area contributed by atoms with Crippen LogP contribution < -0.4 is 15.4 Å². The summed E-state index contributed by atoms with van der Waals surface area (Å²) in [5.74, 6) is 2.81. The van der Waals surface area contributed by atoms with Gasteiger partial charge in [-0.1, -0.05) is 30.3 Å². The molecule has 0 saturated carbocycles. The summed E-state index contributed by atoms with van der Waals surface area (Å²) in [5.41, 5.74) is 1.69. The first-order valence-corrected chi connectivity index (χ1v) is 9.56. The summed E-state index contributed by atoms with van der Waals surface area (Å²) in [5, 5.41) is 6.64. The molecule has 1 saturated heterocycles. The van der Waals surface area contributed by atoms with Crippen LogP contribution in [-0.4, -0.2) is 29.2 Å². The Balaban J connectivity index is 1.49. The average Bonchev–Trinajstić information content (AvgIpc) is 3.22. The van der Waals surface area contributed by atoms with Crippen molar-refractivity contribution in [2.45, 2.75) is 25.9 Å². The van der Waals surface area contributed by atoms with Gasteiger partial charge in [0.25, 0.3) is 0 Å². The molecule has 3 aromatic rings. The molecule has 2 heterocycles. The van der Waals surface area contributed by atoms with E-state index in [1.807, 2.05) is 67.6 Å². The fourth-order valence-corrected chi connectivity index (χ4v) is 3.13. The molecule has 1 fully saturated rings. The maximum atomic E-state index is 6.01. The molecule has 0 bridgehead atoms. The molecule has 6 nitrogen and oxygen atoms in total. The van der Waals surface area contributed by atoms with Crippen molar-refractivity contribution in [1.82, 2.24) is 9.97 Å². The van der Waals surface area contributed by atoms with Crippen LogP contribution in [0.1, 0.15) is 18.5 Å². The Hall–Kier alpha value is -3.12. The zero-order valence-corrected chi connectivity index (χ0v) is 15.9. The number of aryl methyl sites for hydroxylation is 1. The van der Waals surface area contributed by atoms with Gasteiger partial charge in [-0.15, -0.1) is 0 Å². The van der Waals surface area contributed by atoms with Crippen molar-refractivity contribution in [2.75, 3.05) is 23.8 Å². The van der Waals surface area contributed by atoms with Gasteiger partial charge in [0, 0.05) is 24.9 Å². The van der Waals surface area contributed by atoms with Gasteiger partial charge in [-0.3, -0.25) is 0 Å². The number of rotatable bonds is 7. The third-order valence-corrected chi connectivity index (χ3v) is 4.49. The van der Waals surface area contributed by atoms with Crippen LogP contribution in [-0.2, 0) is 4.74 Å². The van der Waals surface area contributed by atoms with Crippen molar-refractivity contribution in [3.8, 4) is 11.5 Å². The molecule has 2 aromatic carbocycles. The predicted molar refractivity (Wildman–Crippen MR) is 110 cm³/mol. The maximum absolute atomic E-state index is 6.01. The molecule has 144 valence electrons. The molecule has 1 aromatic heterocycles. The summed E-state index contributed by atoms with van der Waals surface area (Å²) in [6, 6.07) is 19.4. The highest BCUT2D eigenvalue weighted by atomic mass is 16.5. The third kappa shape index (κ3) is 4.78. The van der Waals surface area contributed by atoms with Gasteiger partial charge in [-0.25, -0.2) is 4.98 Å². The summed E-state index contributed by atoms with van der Waals surface area (Å²) in [6.45, 7) is 3.56. The van der Waals surface area contributed by atoms with Crippen LogP contribution in [0.5, 0.6) is 11.5 Å². The van der Waals surface area contributed by atoms with E-state index < -0.39 is 0 Å². The van der Waals surface area contributed by atoms with E-state index in [1.165, 1.54) is 0 Å². The lowest BCUT2D eigenvalue weighted by atomic mass is 10.2. The minimum atomic E-state index is 0.256. The highest BCUT2D eigenvalue weighted by Gasteiger charge is 2.15. The molecular weight excluding hydrogens is 352 g/mol. The lowest BCUT2D eigenvalue weighted by Crippen LogP contribution is -2.19. The summed E-state index contributed by atoms with van der Waals surface area (Å²) < 4.78 is 11.7. The van der Waals surface area contributed by atoms with Gasteiger partial charge in [-0.2, -0.15) is 4.98 Å². The fraction of sp³-hybridized carbons (Fsp3) is 0.273. The number of hydrogen-bond acceptors (Lipinski definition) is 6. The Kier molecular flexibility index (Phi) is 5.68. The number of anilines is 3. The second kappa shape index (κ2) is 8.71. The molecule has 28 heavy (non-hydrogen) atoms. The first kappa shape index (κ1) is 18.3. The topological polar surface area (TPSA) is 68.3 Å². The molecule has 1 unspecified atom stereocenters. The number of nitrogens with zero attached hydrogens (tertiary/aromatic N) is 2. The van der Waals surface area contributed by atoms with Crippen LogP contribution in [0, 0.1) is 6.92 Å². The number of nitrogens with one attached hydrogen (secondary N) is 2. The van der Waals surface area contributed by atoms with E-state index in [0.29, 0.717) is 11.7 Å². The summed E-state index contributed by atoms with van der Waals surface area (Å²) in [6.07, 6.45) is 2.47. The fourth-order valence-electron chi connectivity index (χ4n) is 3.13.